The van der Waals surface area contributed by atoms with E-state index in [1.54, 1.807) is 20.8 Å². The summed E-state index contributed by atoms with van der Waals surface area (Å²) in [6, 6.07) is 0. The lowest BCUT2D eigenvalue weighted by Gasteiger charge is -2.52. The summed E-state index contributed by atoms with van der Waals surface area (Å²) in [4.78, 5) is 38.4. The number of hydrogen-bond acceptors (Lipinski definition) is 11. The first-order valence-electron chi connectivity index (χ1n) is 10.3. The third kappa shape index (κ3) is 1.43. The quantitative estimate of drug-likeness (QED) is 0.234. The van der Waals surface area contributed by atoms with Crippen molar-refractivity contribution in [2.24, 2.45) is 28.1 Å². The van der Waals surface area contributed by atoms with E-state index in [-0.39, 0.29) is 0 Å². The van der Waals surface area contributed by atoms with Crippen LogP contribution in [-0.2, 0) is 33.3 Å². The smallest absolute Gasteiger partial charge is 0.343 e. The molecule has 12 atom stereocenters. The van der Waals surface area contributed by atoms with Crippen molar-refractivity contribution in [2.45, 2.75) is 75.7 Å². The summed E-state index contributed by atoms with van der Waals surface area (Å²) in [5.41, 5.74) is -9.55. The standard InChI is InChI=1S/C20H24O11/c1-5-12(23)29-11-8(21)18-10-6-7(16(2,3)4)17(18,9(22)13(24)28-6)14(25)31-20(18,15(26)30-10)19(5,11)27/h5-11,14,21-22,25,27H,1-4H3/t5-,6+,7+,8+,9+,10-,11+,14+,17-,18+,19-,20-/m1/s1. The second-order valence-electron chi connectivity index (χ2n) is 10.8. The summed E-state index contributed by atoms with van der Waals surface area (Å²) >= 11 is 0. The van der Waals surface area contributed by atoms with Gasteiger partial charge in [0.15, 0.2) is 30.2 Å². The van der Waals surface area contributed by atoms with E-state index < -0.39 is 94.0 Å². The molecule has 2 aliphatic carbocycles. The zero-order valence-electron chi connectivity index (χ0n) is 17.3. The van der Waals surface area contributed by atoms with Crippen molar-refractivity contribution >= 4 is 17.9 Å². The van der Waals surface area contributed by atoms with Gasteiger partial charge < -0.3 is 39.4 Å². The fourth-order valence-corrected chi connectivity index (χ4v) is 8.29. The Morgan fingerprint density at radius 1 is 0.935 bits per heavy atom. The molecule has 0 aromatic carbocycles. The molecule has 0 radical (unpaired) electrons. The molecule has 2 bridgehead atoms. The Labute approximate surface area is 176 Å². The summed E-state index contributed by atoms with van der Waals surface area (Å²) in [5.74, 6) is -5.15. The van der Waals surface area contributed by atoms with Crippen LogP contribution < -0.4 is 0 Å². The first kappa shape index (κ1) is 19.9. The molecule has 0 amide bonds. The number of aliphatic hydroxyl groups excluding tert-OH is 3. The van der Waals surface area contributed by atoms with Gasteiger partial charge in [0.2, 0.25) is 5.60 Å². The van der Waals surface area contributed by atoms with E-state index in [0.717, 1.165) is 0 Å². The van der Waals surface area contributed by atoms with Gasteiger partial charge in [-0.3, -0.25) is 4.79 Å². The van der Waals surface area contributed by atoms with Crippen LogP contribution in [0, 0.1) is 28.1 Å². The number of carbonyl (C=O) groups is 3. The first-order valence-corrected chi connectivity index (χ1v) is 10.3. The molecule has 6 rings (SSSR count). The van der Waals surface area contributed by atoms with Gasteiger partial charge in [0, 0.05) is 5.92 Å². The summed E-state index contributed by atoms with van der Waals surface area (Å²) < 4.78 is 22.3. The number of ether oxygens (including phenoxy) is 4. The number of esters is 3. The molecule has 6 fully saturated rings. The van der Waals surface area contributed by atoms with E-state index in [0.29, 0.717) is 0 Å². The molecule has 11 heteroatoms. The zero-order valence-corrected chi connectivity index (χ0v) is 17.3. The van der Waals surface area contributed by atoms with Gasteiger partial charge in [0.1, 0.15) is 12.2 Å². The molecule has 2 saturated carbocycles. The molecule has 6 aliphatic rings. The van der Waals surface area contributed by atoms with Crippen LogP contribution in [0.25, 0.3) is 0 Å². The van der Waals surface area contributed by atoms with Crippen LogP contribution in [-0.4, -0.2) is 86.3 Å². The van der Waals surface area contributed by atoms with Gasteiger partial charge in [0.05, 0.1) is 16.7 Å². The summed E-state index contributed by atoms with van der Waals surface area (Å²) in [6.07, 6.45) is -9.77. The van der Waals surface area contributed by atoms with Crippen molar-refractivity contribution in [3.05, 3.63) is 0 Å². The van der Waals surface area contributed by atoms with Gasteiger partial charge >= 0.3 is 17.9 Å². The normalized spacial score (nSPS) is 61.0. The van der Waals surface area contributed by atoms with Gasteiger partial charge in [-0.25, -0.2) is 9.59 Å². The minimum atomic E-state index is -2.45. The van der Waals surface area contributed by atoms with Gasteiger partial charge in [0.25, 0.3) is 0 Å². The predicted molar refractivity (Wildman–Crippen MR) is 93.4 cm³/mol. The maximum Gasteiger partial charge on any atom is 0.343 e. The van der Waals surface area contributed by atoms with Crippen LogP contribution in [0.5, 0.6) is 0 Å². The van der Waals surface area contributed by atoms with E-state index >= 15 is 0 Å². The largest absolute Gasteiger partial charge is 0.456 e. The highest BCUT2D eigenvalue weighted by atomic mass is 16.7. The molecule has 0 aromatic rings. The minimum Gasteiger partial charge on any atom is -0.456 e. The molecule has 4 aliphatic heterocycles. The Morgan fingerprint density at radius 2 is 1.58 bits per heavy atom. The maximum absolute atomic E-state index is 13.4. The molecule has 0 unspecified atom stereocenters. The molecule has 4 heterocycles. The van der Waals surface area contributed by atoms with Crippen molar-refractivity contribution in [3.8, 4) is 0 Å². The zero-order chi connectivity index (χ0) is 22.7. The maximum atomic E-state index is 13.4. The summed E-state index contributed by atoms with van der Waals surface area (Å²) in [6.45, 7) is 6.71. The fourth-order valence-electron chi connectivity index (χ4n) is 8.29. The van der Waals surface area contributed by atoms with Crippen molar-refractivity contribution in [1.82, 2.24) is 0 Å². The second-order valence-corrected chi connectivity index (χ2v) is 10.8. The Hall–Kier alpha value is -1.79. The molecule has 170 valence electrons. The number of aliphatic hydroxyl groups is 4. The third-order valence-electron chi connectivity index (χ3n) is 8.98. The average molecular weight is 440 g/mol. The number of fused-ring (bicyclic) bond motifs is 3. The van der Waals surface area contributed by atoms with Crippen LogP contribution >= 0.6 is 0 Å². The average Bonchev–Trinajstić information content (AvgIpc) is 3.28. The van der Waals surface area contributed by atoms with E-state index in [4.69, 9.17) is 18.9 Å². The van der Waals surface area contributed by atoms with Crippen molar-refractivity contribution in [3.63, 3.8) is 0 Å². The fraction of sp³-hybridized carbons (Fsp3) is 0.850. The Morgan fingerprint density at radius 3 is 2.19 bits per heavy atom. The molecule has 2 spiro atoms. The van der Waals surface area contributed by atoms with Crippen LogP contribution in [0.2, 0.25) is 0 Å². The Balaban J connectivity index is 1.75. The van der Waals surface area contributed by atoms with Gasteiger partial charge in [-0.15, -0.1) is 0 Å². The lowest BCUT2D eigenvalue weighted by Crippen LogP contribution is -2.68. The SMILES string of the molecule is C[C@@H]1C(=O)O[C@H]2[C@H](O)[C@@]34[C@@H]5OC(=O)[C@]3(O[C@H](O)[C@@]43[C@@H](O)C(=O)O[C@H]5[C@H]3C(C)(C)C)[C@@]12O. The lowest BCUT2D eigenvalue weighted by atomic mass is 9.50. The van der Waals surface area contributed by atoms with Crippen LogP contribution in [0.15, 0.2) is 0 Å². The van der Waals surface area contributed by atoms with Crippen molar-refractivity contribution in [1.29, 1.82) is 0 Å². The van der Waals surface area contributed by atoms with E-state index in [1.807, 2.05) is 0 Å². The second kappa shape index (κ2) is 4.91. The Bertz CT molecular complexity index is 957. The highest BCUT2D eigenvalue weighted by Crippen LogP contribution is 2.84. The van der Waals surface area contributed by atoms with Gasteiger partial charge in [-0.2, -0.15) is 0 Å². The van der Waals surface area contributed by atoms with E-state index in [1.165, 1.54) is 6.92 Å². The molecule has 31 heavy (non-hydrogen) atoms. The van der Waals surface area contributed by atoms with Gasteiger partial charge in [-0.05, 0) is 12.3 Å². The molecular formula is C20H24O11. The number of rotatable bonds is 0. The van der Waals surface area contributed by atoms with E-state index in [2.05, 4.69) is 0 Å². The highest BCUT2D eigenvalue weighted by molar-refractivity contribution is 5.94. The molecule has 4 N–H and O–H groups in total. The van der Waals surface area contributed by atoms with Gasteiger partial charge in [-0.1, -0.05) is 20.8 Å². The predicted octanol–water partition coefficient (Wildman–Crippen LogP) is -2.40. The van der Waals surface area contributed by atoms with E-state index in [9.17, 15) is 34.8 Å². The first-order chi connectivity index (χ1) is 14.3. The lowest BCUT2D eigenvalue weighted by molar-refractivity contribution is -0.265. The third-order valence-corrected chi connectivity index (χ3v) is 8.98. The summed E-state index contributed by atoms with van der Waals surface area (Å²) in [5, 5.41) is 46.0. The Kier molecular flexibility index (Phi) is 3.15. The monoisotopic (exact) mass is 440 g/mol. The summed E-state index contributed by atoms with van der Waals surface area (Å²) in [7, 11) is 0. The number of carbonyl (C=O) groups excluding carboxylic acids is 3. The minimum absolute atomic E-state index is 0.736. The molecule has 0 aromatic heterocycles. The van der Waals surface area contributed by atoms with Crippen molar-refractivity contribution < 1.29 is 53.8 Å². The van der Waals surface area contributed by atoms with Crippen molar-refractivity contribution in [2.75, 3.05) is 0 Å². The van der Waals surface area contributed by atoms with Crippen LogP contribution in [0.1, 0.15) is 27.7 Å². The molecular weight excluding hydrogens is 416 g/mol. The highest BCUT2D eigenvalue weighted by Gasteiger charge is 3.04. The number of hydrogen-bond donors (Lipinski definition) is 4. The van der Waals surface area contributed by atoms with Crippen LogP contribution in [0.4, 0.5) is 0 Å². The van der Waals surface area contributed by atoms with Crippen LogP contribution in [0.3, 0.4) is 0 Å². The topological polar surface area (TPSA) is 169 Å². The molecule has 4 saturated heterocycles. The molecule has 11 nitrogen and oxygen atoms in total.